The molecule has 0 spiro atoms. The van der Waals surface area contributed by atoms with Gasteiger partial charge in [-0.2, -0.15) is 0 Å². The predicted octanol–water partition coefficient (Wildman–Crippen LogP) is 17.1. The first-order valence-electron chi connectivity index (χ1n) is 28.9. The second-order valence-electron chi connectivity index (χ2n) is 23.6. The van der Waals surface area contributed by atoms with Gasteiger partial charge in [0.1, 0.15) is 11.9 Å². The first-order valence-corrected chi connectivity index (χ1v) is 28.9. The summed E-state index contributed by atoms with van der Waals surface area (Å²) in [5.74, 6) is 5.93. The predicted molar refractivity (Wildman–Crippen MR) is 292 cm³/mol. The molecule has 0 aliphatic heterocycles. The molecule has 0 aromatic heterocycles. The third-order valence-corrected chi connectivity index (χ3v) is 17.7. The van der Waals surface area contributed by atoms with Crippen LogP contribution in [0.4, 0.5) is 0 Å². The van der Waals surface area contributed by atoms with E-state index < -0.39 is 0 Å². The molecule has 0 heterocycles. The van der Waals surface area contributed by atoms with Gasteiger partial charge < -0.3 is 15.0 Å². The highest BCUT2D eigenvalue weighted by Crippen LogP contribution is 2.67. The number of nitrogens with one attached hydrogen (secondary N) is 1. The van der Waals surface area contributed by atoms with Gasteiger partial charge in [-0.1, -0.05) is 147 Å². The van der Waals surface area contributed by atoms with Crippen LogP contribution in [0.2, 0.25) is 0 Å². The van der Waals surface area contributed by atoms with E-state index in [1.807, 2.05) is 0 Å². The summed E-state index contributed by atoms with van der Waals surface area (Å²) >= 11 is 0. The molecular weight excluding hydrogens is 833 g/mol. The number of Topliss-reactive ketones (excluding diaryl/α,β-unsaturated/α-hetero) is 1. The van der Waals surface area contributed by atoms with E-state index in [4.69, 9.17) is 4.74 Å². The van der Waals surface area contributed by atoms with Gasteiger partial charge in [-0.3, -0.25) is 9.59 Å². The number of fused-ring (bicyclic) bond motifs is 5. The summed E-state index contributed by atoms with van der Waals surface area (Å²) < 4.78 is 6.23. The van der Waals surface area contributed by atoms with E-state index in [-0.39, 0.29) is 17.5 Å². The maximum absolute atomic E-state index is 13.2. The Kier molecular flexibility index (Phi) is 26.9. The van der Waals surface area contributed by atoms with Gasteiger partial charge in [0.05, 0.1) is 0 Å². The lowest BCUT2D eigenvalue weighted by atomic mass is 9.47. The summed E-state index contributed by atoms with van der Waals surface area (Å²) in [7, 11) is 4.28. The zero-order chi connectivity index (χ0) is 49.2. The molecule has 9 atom stereocenters. The highest BCUT2D eigenvalue weighted by atomic mass is 16.5. The van der Waals surface area contributed by atoms with E-state index in [2.05, 4.69) is 127 Å². The third kappa shape index (κ3) is 19.5. The monoisotopic (exact) mass is 939 g/mol. The maximum Gasteiger partial charge on any atom is 0.306 e. The second-order valence-corrected chi connectivity index (χ2v) is 23.6. The number of ether oxygens (including phenoxy) is 1. The molecule has 4 aliphatic carbocycles. The summed E-state index contributed by atoms with van der Waals surface area (Å²) in [6.45, 7) is 21.2. The molecule has 0 radical (unpaired) electrons. The Morgan fingerprint density at radius 3 is 2.13 bits per heavy atom. The highest BCUT2D eigenvalue weighted by molar-refractivity contribution is 5.78. The number of esters is 1. The molecule has 0 bridgehead atoms. The van der Waals surface area contributed by atoms with Crippen molar-refractivity contribution in [3.05, 3.63) is 72.5 Å². The van der Waals surface area contributed by atoms with Crippen LogP contribution in [0, 0.1) is 52.3 Å². The number of hydrogen-bond acceptors (Lipinski definition) is 5. The Labute approximate surface area is 420 Å². The molecule has 9 unspecified atom stereocenters. The first-order chi connectivity index (χ1) is 32.8. The lowest BCUT2D eigenvalue weighted by molar-refractivity contribution is -0.151. The summed E-state index contributed by atoms with van der Waals surface area (Å²) in [6, 6.07) is 0. The number of nitrogens with zero attached hydrogens (tertiary/aromatic N) is 1. The Morgan fingerprint density at radius 2 is 1.43 bits per heavy atom. The molecule has 3 saturated carbocycles. The highest BCUT2D eigenvalue weighted by Gasteiger charge is 2.59. The smallest absolute Gasteiger partial charge is 0.306 e. The summed E-state index contributed by atoms with van der Waals surface area (Å²) in [6.07, 6.45) is 52.5. The van der Waals surface area contributed by atoms with E-state index in [9.17, 15) is 9.59 Å². The molecule has 5 nitrogen and oxygen atoms in total. The Hall–Kier alpha value is -2.66. The van der Waals surface area contributed by atoms with Crippen molar-refractivity contribution in [2.45, 2.75) is 234 Å². The fraction of sp³-hybridized carbons (Fsp3) is 0.778. The molecule has 0 aromatic carbocycles. The Bertz CT molecular complexity index is 1620. The van der Waals surface area contributed by atoms with Crippen LogP contribution < -0.4 is 5.32 Å². The zero-order valence-electron chi connectivity index (χ0n) is 45.6. The van der Waals surface area contributed by atoms with Gasteiger partial charge >= 0.3 is 5.97 Å². The van der Waals surface area contributed by atoms with Crippen molar-refractivity contribution in [3.63, 3.8) is 0 Å². The lowest BCUT2D eigenvalue weighted by Crippen LogP contribution is -2.51. The van der Waals surface area contributed by atoms with E-state index >= 15 is 0 Å². The molecule has 68 heavy (non-hydrogen) atoms. The number of carbonyl (C=O) groups is 2. The first kappa shape index (κ1) is 57.9. The van der Waals surface area contributed by atoms with Crippen LogP contribution in [-0.2, 0) is 14.3 Å². The summed E-state index contributed by atoms with van der Waals surface area (Å²) in [5.41, 5.74) is 3.56. The number of unbranched alkanes of at least 4 members (excludes halogenated alkanes) is 6. The van der Waals surface area contributed by atoms with Crippen molar-refractivity contribution in [1.29, 1.82) is 0 Å². The van der Waals surface area contributed by atoms with Crippen LogP contribution in [-0.4, -0.2) is 49.9 Å². The quantitative estimate of drug-likeness (QED) is 0.0390. The van der Waals surface area contributed by atoms with Crippen LogP contribution >= 0.6 is 0 Å². The fourth-order valence-electron chi connectivity index (χ4n) is 13.6. The number of hydrogen-bond donors (Lipinski definition) is 1. The molecule has 386 valence electrons. The molecular formula is C63H106N2O3. The average molecular weight is 940 g/mol. The van der Waals surface area contributed by atoms with Crippen molar-refractivity contribution in [3.8, 4) is 0 Å². The van der Waals surface area contributed by atoms with Gasteiger partial charge in [0.15, 0.2) is 0 Å². The topological polar surface area (TPSA) is 58.6 Å². The second kappa shape index (κ2) is 31.6. The number of allylic oxidation sites excluding steroid dienone is 10. The van der Waals surface area contributed by atoms with E-state index in [1.165, 1.54) is 57.8 Å². The molecule has 0 saturated heterocycles. The lowest BCUT2D eigenvalue weighted by Gasteiger charge is -2.58. The van der Waals surface area contributed by atoms with Crippen LogP contribution in [0.3, 0.4) is 0 Å². The molecule has 5 heteroatoms. The van der Waals surface area contributed by atoms with Gasteiger partial charge in [-0.25, -0.2) is 0 Å². The van der Waals surface area contributed by atoms with Crippen LogP contribution in [0.1, 0.15) is 228 Å². The average Bonchev–Trinajstić information content (AvgIpc) is 3.66. The SMILES string of the molecule is C=C(NCCCCC(=O)CCCCC/C=C/C/C=C/C/C=C/C/C=C/CC)C(CCCCCC(=O)OC1CCC2(C)C(=CCC3C2CCC2(C)C(C(C)CCCC(C)C)CCC32)C1)CCN(C)C. The van der Waals surface area contributed by atoms with E-state index in [1.54, 1.807) is 5.57 Å². The number of ketones is 1. The molecule has 0 aromatic rings. The van der Waals surface area contributed by atoms with Gasteiger partial charge in [0.2, 0.25) is 0 Å². The number of carbonyl (C=O) groups excluding carboxylic acids is 2. The normalized spacial score (nSPS) is 27.0. The summed E-state index contributed by atoms with van der Waals surface area (Å²) in [5, 5.41) is 3.63. The van der Waals surface area contributed by atoms with Crippen LogP contribution in [0.15, 0.2) is 72.5 Å². The van der Waals surface area contributed by atoms with Crippen LogP contribution in [0.25, 0.3) is 0 Å². The van der Waals surface area contributed by atoms with Crippen molar-refractivity contribution in [2.24, 2.45) is 52.3 Å². The third-order valence-electron chi connectivity index (χ3n) is 17.7. The number of rotatable bonds is 35. The van der Waals surface area contributed by atoms with Crippen LogP contribution in [0.5, 0.6) is 0 Å². The van der Waals surface area contributed by atoms with Crippen molar-refractivity contribution in [2.75, 3.05) is 27.2 Å². The van der Waals surface area contributed by atoms with Gasteiger partial charge in [0.25, 0.3) is 0 Å². The molecule has 0 amide bonds. The molecule has 3 fully saturated rings. The minimum atomic E-state index is 0.00672. The van der Waals surface area contributed by atoms with Crippen molar-refractivity contribution < 1.29 is 14.3 Å². The van der Waals surface area contributed by atoms with Gasteiger partial charge in [-0.05, 0) is 195 Å². The fourth-order valence-corrected chi connectivity index (χ4v) is 13.6. The molecule has 1 N–H and O–H groups in total. The Balaban J connectivity index is 1.05. The Morgan fingerprint density at radius 1 is 0.750 bits per heavy atom. The minimum absolute atomic E-state index is 0.00672. The molecule has 4 rings (SSSR count). The largest absolute Gasteiger partial charge is 0.462 e. The molecule has 4 aliphatic rings. The van der Waals surface area contributed by atoms with E-state index in [0.717, 1.165) is 170 Å². The van der Waals surface area contributed by atoms with E-state index in [0.29, 0.717) is 30.0 Å². The van der Waals surface area contributed by atoms with Gasteiger partial charge in [0, 0.05) is 37.9 Å². The maximum atomic E-state index is 13.2. The summed E-state index contributed by atoms with van der Waals surface area (Å²) in [4.78, 5) is 28.0. The standard InChI is InChI=1S/C63H106N2O3/c1-10-11-12-13-14-15-16-17-18-19-20-21-22-23-24-27-35-55(66)36-29-30-47-64-52(5)53(44-48-65(8)9)34-26-25-28-37-61(67)68-56-42-45-62(6)54(49-56)38-39-57-59-41-40-58(51(4)33-31-32-50(2)3)63(59,7)46-43-60(57)62/h11-12,14-15,17-18,20-21,38,50-51,53,56-60,64H,5,10,13,16,19,22-37,39-49H2,1-4,6-9H3/b12-11+,15-14+,18-17+,21-20+. The van der Waals surface area contributed by atoms with Crippen molar-refractivity contribution in [1.82, 2.24) is 10.2 Å². The van der Waals surface area contributed by atoms with Gasteiger partial charge in [-0.15, -0.1) is 0 Å². The zero-order valence-corrected chi connectivity index (χ0v) is 45.6. The van der Waals surface area contributed by atoms with Crippen molar-refractivity contribution >= 4 is 11.8 Å². The minimum Gasteiger partial charge on any atom is -0.462 e.